The fraction of sp³-hybridized carbons (Fsp3) is 0.318. The van der Waals surface area contributed by atoms with Gasteiger partial charge in [-0.15, -0.1) is 10.2 Å². The van der Waals surface area contributed by atoms with Crippen LogP contribution in [0.15, 0.2) is 67.1 Å². The molecule has 0 radical (unpaired) electrons. The number of fused-ring (bicyclic) bond motifs is 1. The lowest BCUT2D eigenvalue weighted by atomic mass is 10.2. The zero-order chi connectivity index (χ0) is 23.0. The van der Waals surface area contributed by atoms with E-state index in [1.54, 1.807) is 13.1 Å². The molecule has 2 aromatic carbocycles. The van der Waals surface area contributed by atoms with Crippen molar-refractivity contribution in [2.75, 3.05) is 32.7 Å². The van der Waals surface area contributed by atoms with Crippen molar-refractivity contribution < 1.29 is 17.3 Å². The van der Waals surface area contributed by atoms with Gasteiger partial charge in [-0.05, 0) is 24.3 Å². The van der Waals surface area contributed by atoms with Crippen molar-refractivity contribution in [3.05, 3.63) is 65.0 Å². The quantitative estimate of drug-likeness (QED) is 0.419. The molecule has 0 amide bonds. The Morgan fingerprint density at radius 1 is 0.970 bits per heavy atom. The van der Waals surface area contributed by atoms with Crippen LogP contribution in [0.25, 0.3) is 22.6 Å². The SMILES string of the molecule is Cn1c(=O)oc2cc(S(=O)(=O)N3CCN(CCc4nnc(-c5ccccc5)o4)CC3)ccc21. The van der Waals surface area contributed by atoms with Gasteiger partial charge in [0.1, 0.15) is 0 Å². The third-order valence-electron chi connectivity index (χ3n) is 5.86. The molecule has 4 aromatic rings. The molecule has 0 bridgehead atoms. The van der Waals surface area contributed by atoms with E-state index >= 15 is 0 Å². The number of aryl methyl sites for hydroxylation is 1. The van der Waals surface area contributed by atoms with Crippen LogP contribution in [0, 0.1) is 0 Å². The van der Waals surface area contributed by atoms with Crippen molar-refractivity contribution in [2.24, 2.45) is 7.05 Å². The summed E-state index contributed by atoms with van der Waals surface area (Å²) in [5.41, 5.74) is 1.69. The monoisotopic (exact) mass is 469 g/mol. The van der Waals surface area contributed by atoms with Crippen LogP contribution in [0.1, 0.15) is 5.89 Å². The number of oxazole rings is 1. The first-order valence-electron chi connectivity index (χ1n) is 10.6. The first-order valence-corrected chi connectivity index (χ1v) is 12.1. The molecule has 172 valence electrons. The fourth-order valence-corrected chi connectivity index (χ4v) is 5.36. The maximum Gasteiger partial charge on any atom is 0.419 e. The summed E-state index contributed by atoms with van der Waals surface area (Å²) in [6.07, 6.45) is 0.594. The van der Waals surface area contributed by atoms with E-state index in [-0.39, 0.29) is 10.5 Å². The predicted molar refractivity (Wildman–Crippen MR) is 120 cm³/mol. The molecule has 33 heavy (non-hydrogen) atoms. The Bertz CT molecular complexity index is 1430. The Labute approximate surface area is 190 Å². The van der Waals surface area contributed by atoms with Gasteiger partial charge < -0.3 is 13.7 Å². The Kier molecular flexibility index (Phi) is 5.60. The highest BCUT2D eigenvalue weighted by molar-refractivity contribution is 7.89. The number of hydrogen-bond acceptors (Lipinski definition) is 8. The lowest BCUT2D eigenvalue weighted by Gasteiger charge is -2.33. The normalized spacial score (nSPS) is 15.9. The topological polar surface area (TPSA) is 115 Å². The Hall–Kier alpha value is -3.28. The number of piperazine rings is 1. The van der Waals surface area contributed by atoms with Crippen LogP contribution in [0.5, 0.6) is 0 Å². The summed E-state index contributed by atoms with van der Waals surface area (Å²) < 4.78 is 39.9. The zero-order valence-electron chi connectivity index (χ0n) is 18.0. The molecule has 1 saturated heterocycles. The number of hydrogen-bond donors (Lipinski definition) is 0. The van der Waals surface area contributed by atoms with E-state index in [0.29, 0.717) is 56.4 Å². The maximum atomic E-state index is 13.1. The number of sulfonamides is 1. The molecule has 1 aliphatic rings. The minimum Gasteiger partial charge on any atom is -0.421 e. The minimum absolute atomic E-state index is 0.122. The van der Waals surface area contributed by atoms with Crippen LogP contribution in [0.2, 0.25) is 0 Å². The number of nitrogens with zero attached hydrogens (tertiary/aromatic N) is 5. The van der Waals surface area contributed by atoms with Crippen molar-refractivity contribution in [2.45, 2.75) is 11.3 Å². The van der Waals surface area contributed by atoms with Gasteiger partial charge in [0.25, 0.3) is 0 Å². The van der Waals surface area contributed by atoms with E-state index in [0.717, 1.165) is 5.56 Å². The Morgan fingerprint density at radius 3 is 2.48 bits per heavy atom. The molecule has 0 N–H and O–H groups in total. The molecule has 0 spiro atoms. The van der Waals surface area contributed by atoms with E-state index < -0.39 is 15.8 Å². The predicted octanol–water partition coefficient (Wildman–Crippen LogP) is 1.73. The lowest BCUT2D eigenvalue weighted by Crippen LogP contribution is -2.49. The van der Waals surface area contributed by atoms with Gasteiger partial charge in [0.15, 0.2) is 5.58 Å². The van der Waals surface area contributed by atoms with E-state index in [4.69, 9.17) is 8.83 Å². The second-order valence-corrected chi connectivity index (χ2v) is 9.86. The maximum absolute atomic E-state index is 13.1. The molecule has 10 nitrogen and oxygen atoms in total. The van der Waals surface area contributed by atoms with E-state index in [1.165, 1.54) is 21.0 Å². The zero-order valence-corrected chi connectivity index (χ0v) is 18.9. The van der Waals surface area contributed by atoms with Crippen molar-refractivity contribution in [3.8, 4) is 11.5 Å². The Balaban J connectivity index is 1.19. The molecule has 1 fully saturated rings. The van der Waals surface area contributed by atoms with Crippen LogP contribution in [-0.2, 0) is 23.5 Å². The summed E-state index contributed by atoms with van der Waals surface area (Å²) >= 11 is 0. The van der Waals surface area contributed by atoms with E-state index in [2.05, 4.69) is 15.1 Å². The van der Waals surface area contributed by atoms with Crippen LogP contribution in [0.4, 0.5) is 0 Å². The third kappa shape index (κ3) is 4.22. The third-order valence-corrected chi connectivity index (χ3v) is 7.76. The van der Waals surface area contributed by atoms with Crippen molar-refractivity contribution >= 4 is 21.1 Å². The van der Waals surface area contributed by atoms with Crippen molar-refractivity contribution in [3.63, 3.8) is 0 Å². The highest BCUT2D eigenvalue weighted by Crippen LogP contribution is 2.22. The molecule has 0 atom stereocenters. The van der Waals surface area contributed by atoms with E-state index in [1.807, 2.05) is 30.3 Å². The van der Waals surface area contributed by atoms with Crippen LogP contribution < -0.4 is 5.76 Å². The Morgan fingerprint density at radius 2 is 1.73 bits per heavy atom. The number of benzene rings is 2. The molecular weight excluding hydrogens is 446 g/mol. The smallest absolute Gasteiger partial charge is 0.419 e. The molecule has 5 rings (SSSR count). The molecule has 0 unspecified atom stereocenters. The van der Waals surface area contributed by atoms with Gasteiger partial charge in [-0.3, -0.25) is 4.57 Å². The van der Waals surface area contributed by atoms with Crippen LogP contribution in [0.3, 0.4) is 0 Å². The van der Waals surface area contributed by atoms with Gasteiger partial charge in [0.2, 0.25) is 21.8 Å². The van der Waals surface area contributed by atoms with Crippen molar-refractivity contribution in [1.29, 1.82) is 0 Å². The molecule has 3 heterocycles. The first-order chi connectivity index (χ1) is 15.9. The average Bonchev–Trinajstić information content (AvgIpc) is 3.43. The standard InChI is InChI=1S/C22H23N5O5S/c1-25-18-8-7-17(15-19(18)31-22(25)28)33(29,30)27-13-11-26(12-14-27)10-9-20-23-24-21(32-20)16-5-3-2-4-6-16/h2-8,15H,9-14H2,1H3. The molecule has 2 aromatic heterocycles. The van der Waals surface area contributed by atoms with E-state index in [9.17, 15) is 13.2 Å². The summed E-state index contributed by atoms with van der Waals surface area (Å²) in [7, 11) is -2.10. The summed E-state index contributed by atoms with van der Waals surface area (Å²) in [6.45, 7) is 2.64. The molecule has 1 aliphatic heterocycles. The molecule has 0 saturated carbocycles. The molecule has 0 aliphatic carbocycles. The van der Waals surface area contributed by atoms with Gasteiger partial charge >= 0.3 is 5.76 Å². The van der Waals surface area contributed by atoms with Crippen molar-refractivity contribution in [1.82, 2.24) is 24.0 Å². The van der Waals surface area contributed by atoms with Crippen LogP contribution in [-0.4, -0.2) is 65.1 Å². The largest absolute Gasteiger partial charge is 0.421 e. The average molecular weight is 470 g/mol. The van der Waals surface area contributed by atoms with Gasteiger partial charge in [0, 0.05) is 57.8 Å². The summed E-state index contributed by atoms with van der Waals surface area (Å²) in [4.78, 5) is 14.0. The van der Waals surface area contributed by atoms with Gasteiger partial charge in [-0.25, -0.2) is 13.2 Å². The second kappa shape index (κ2) is 8.58. The second-order valence-electron chi connectivity index (χ2n) is 7.92. The summed E-state index contributed by atoms with van der Waals surface area (Å²) in [5.74, 6) is 0.527. The van der Waals surface area contributed by atoms with Gasteiger partial charge in [-0.2, -0.15) is 4.31 Å². The summed E-state index contributed by atoms with van der Waals surface area (Å²) in [6, 6.07) is 14.1. The van der Waals surface area contributed by atoms with Gasteiger partial charge in [-0.1, -0.05) is 18.2 Å². The van der Waals surface area contributed by atoms with Crippen LogP contribution >= 0.6 is 0 Å². The highest BCUT2D eigenvalue weighted by atomic mass is 32.2. The fourth-order valence-electron chi connectivity index (χ4n) is 3.92. The number of aromatic nitrogens is 3. The number of rotatable bonds is 6. The lowest BCUT2D eigenvalue weighted by molar-refractivity contribution is 0.187. The summed E-state index contributed by atoms with van der Waals surface area (Å²) in [5, 5.41) is 8.23. The molecule has 11 heteroatoms. The van der Waals surface area contributed by atoms with Gasteiger partial charge in [0.05, 0.1) is 10.4 Å². The molecular formula is C22H23N5O5S. The minimum atomic E-state index is -3.68. The first kappa shape index (κ1) is 21.6. The highest BCUT2D eigenvalue weighted by Gasteiger charge is 2.29.